The predicted molar refractivity (Wildman–Crippen MR) is 89.3 cm³/mol. The Morgan fingerprint density at radius 2 is 2.05 bits per heavy atom. The van der Waals surface area contributed by atoms with E-state index in [-0.39, 0.29) is 0 Å². The number of piperidine rings is 1. The third-order valence-corrected chi connectivity index (χ3v) is 5.03. The number of nitrogens with zero attached hydrogens (tertiary/aromatic N) is 2. The lowest BCUT2D eigenvalue weighted by molar-refractivity contribution is 0.114. The highest BCUT2D eigenvalue weighted by Crippen LogP contribution is 2.27. The van der Waals surface area contributed by atoms with E-state index in [9.17, 15) is 0 Å². The third kappa shape index (κ3) is 2.85. The van der Waals surface area contributed by atoms with E-state index < -0.39 is 0 Å². The molecule has 1 aromatic carbocycles. The van der Waals surface area contributed by atoms with E-state index in [0.29, 0.717) is 12.0 Å². The molecule has 0 aliphatic carbocycles. The van der Waals surface area contributed by atoms with E-state index >= 15 is 0 Å². The molecule has 114 valence electrons. The SMILES string of the molecule is CCn1cc(CN2CC(CN)CCC2C)c2ccccc21. The first-order valence-electron chi connectivity index (χ1n) is 8.23. The van der Waals surface area contributed by atoms with Crippen LogP contribution in [0.2, 0.25) is 0 Å². The van der Waals surface area contributed by atoms with Crippen LogP contribution in [0.4, 0.5) is 0 Å². The molecule has 21 heavy (non-hydrogen) atoms. The molecule has 0 amide bonds. The largest absolute Gasteiger partial charge is 0.347 e. The molecule has 2 aromatic rings. The van der Waals surface area contributed by atoms with Crippen molar-refractivity contribution in [3.05, 3.63) is 36.0 Å². The Labute approximate surface area is 127 Å². The van der Waals surface area contributed by atoms with Gasteiger partial charge in [0.05, 0.1) is 0 Å². The van der Waals surface area contributed by atoms with Crippen molar-refractivity contribution in [1.82, 2.24) is 9.47 Å². The van der Waals surface area contributed by atoms with Gasteiger partial charge in [-0.15, -0.1) is 0 Å². The minimum absolute atomic E-state index is 0.663. The Bertz CT molecular complexity index is 602. The summed E-state index contributed by atoms with van der Waals surface area (Å²) >= 11 is 0. The molecule has 3 rings (SSSR count). The van der Waals surface area contributed by atoms with Crippen LogP contribution < -0.4 is 5.73 Å². The van der Waals surface area contributed by atoms with Gasteiger partial charge < -0.3 is 10.3 Å². The van der Waals surface area contributed by atoms with Crippen molar-refractivity contribution in [3.8, 4) is 0 Å². The van der Waals surface area contributed by atoms with Gasteiger partial charge in [-0.2, -0.15) is 0 Å². The molecule has 0 saturated carbocycles. The van der Waals surface area contributed by atoms with Crippen LogP contribution in [0.3, 0.4) is 0 Å². The molecule has 0 spiro atoms. The Morgan fingerprint density at radius 1 is 1.24 bits per heavy atom. The Morgan fingerprint density at radius 3 is 2.81 bits per heavy atom. The molecule has 1 fully saturated rings. The lowest BCUT2D eigenvalue weighted by atomic mass is 9.93. The minimum atomic E-state index is 0.663. The molecular weight excluding hydrogens is 258 g/mol. The minimum Gasteiger partial charge on any atom is -0.347 e. The molecule has 2 N–H and O–H groups in total. The average molecular weight is 285 g/mol. The maximum atomic E-state index is 5.89. The third-order valence-electron chi connectivity index (χ3n) is 5.03. The number of hydrogen-bond donors (Lipinski definition) is 1. The van der Waals surface area contributed by atoms with Crippen molar-refractivity contribution in [2.45, 2.75) is 45.8 Å². The molecular formula is C18H27N3. The highest BCUT2D eigenvalue weighted by Gasteiger charge is 2.25. The highest BCUT2D eigenvalue weighted by atomic mass is 15.2. The van der Waals surface area contributed by atoms with Gasteiger partial charge in [0.1, 0.15) is 0 Å². The Balaban J connectivity index is 1.87. The van der Waals surface area contributed by atoms with Crippen LogP contribution in [0.5, 0.6) is 0 Å². The molecule has 1 aromatic heterocycles. The quantitative estimate of drug-likeness (QED) is 0.936. The van der Waals surface area contributed by atoms with Gasteiger partial charge in [-0.1, -0.05) is 18.2 Å². The number of aryl methyl sites for hydroxylation is 1. The van der Waals surface area contributed by atoms with Crippen molar-refractivity contribution in [3.63, 3.8) is 0 Å². The number of likely N-dealkylation sites (tertiary alicyclic amines) is 1. The molecule has 2 heterocycles. The Kier molecular flexibility index (Phi) is 4.32. The number of aromatic nitrogens is 1. The van der Waals surface area contributed by atoms with Crippen LogP contribution in [0.25, 0.3) is 10.9 Å². The van der Waals surface area contributed by atoms with E-state index in [0.717, 1.165) is 26.2 Å². The van der Waals surface area contributed by atoms with Gasteiger partial charge in [-0.25, -0.2) is 0 Å². The second-order valence-electron chi connectivity index (χ2n) is 6.42. The molecule has 3 heteroatoms. The first kappa shape index (κ1) is 14.6. The molecule has 1 aliphatic rings. The number of hydrogen-bond acceptors (Lipinski definition) is 2. The molecule has 1 aliphatic heterocycles. The maximum absolute atomic E-state index is 5.89. The normalized spacial score (nSPS) is 23.8. The highest BCUT2D eigenvalue weighted by molar-refractivity contribution is 5.83. The standard InChI is InChI=1S/C18H27N3/c1-3-20-12-16(17-6-4-5-7-18(17)20)13-21-11-15(10-19)9-8-14(21)2/h4-7,12,14-15H,3,8-11,13,19H2,1-2H3. The van der Waals surface area contributed by atoms with Crippen molar-refractivity contribution >= 4 is 10.9 Å². The summed E-state index contributed by atoms with van der Waals surface area (Å²) in [7, 11) is 0. The van der Waals surface area contributed by atoms with Gasteiger partial charge in [0.2, 0.25) is 0 Å². The van der Waals surface area contributed by atoms with Crippen molar-refractivity contribution in [2.75, 3.05) is 13.1 Å². The summed E-state index contributed by atoms with van der Waals surface area (Å²) in [6, 6.07) is 9.42. The summed E-state index contributed by atoms with van der Waals surface area (Å²) in [5.74, 6) is 0.667. The Hall–Kier alpha value is -1.32. The van der Waals surface area contributed by atoms with Crippen LogP contribution in [0.1, 0.15) is 32.3 Å². The second kappa shape index (κ2) is 6.20. The molecule has 2 atom stereocenters. The summed E-state index contributed by atoms with van der Waals surface area (Å²) in [4.78, 5) is 2.61. The predicted octanol–water partition coefficient (Wildman–Crippen LogP) is 3.22. The zero-order chi connectivity index (χ0) is 14.8. The second-order valence-corrected chi connectivity index (χ2v) is 6.42. The van der Waals surface area contributed by atoms with Crippen LogP contribution >= 0.6 is 0 Å². The summed E-state index contributed by atoms with van der Waals surface area (Å²) in [6.45, 7) is 8.60. The number of nitrogens with two attached hydrogens (primary N) is 1. The van der Waals surface area contributed by atoms with Gasteiger partial charge in [0.15, 0.2) is 0 Å². The first-order chi connectivity index (χ1) is 10.2. The number of rotatable bonds is 4. The number of fused-ring (bicyclic) bond motifs is 1. The fraction of sp³-hybridized carbons (Fsp3) is 0.556. The van der Waals surface area contributed by atoms with Gasteiger partial charge in [0.25, 0.3) is 0 Å². The van der Waals surface area contributed by atoms with Crippen LogP contribution in [-0.2, 0) is 13.1 Å². The van der Waals surface area contributed by atoms with Gasteiger partial charge >= 0.3 is 0 Å². The lowest BCUT2D eigenvalue weighted by Crippen LogP contribution is -2.43. The molecule has 0 radical (unpaired) electrons. The van der Waals surface area contributed by atoms with Gasteiger partial charge in [-0.3, -0.25) is 4.90 Å². The fourth-order valence-corrected chi connectivity index (χ4v) is 3.60. The molecule has 0 bridgehead atoms. The number of para-hydroxylation sites is 1. The first-order valence-corrected chi connectivity index (χ1v) is 8.23. The summed E-state index contributed by atoms with van der Waals surface area (Å²) in [6.07, 6.45) is 4.89. The van der Waals surface area contributed by atoms with Crippen molar-refractivity contribution in [1.29, 1.82) is 0 Å². The zero-order valence-corrected chi connectivity index (χ0v) is 13.3. The van der Waals surface area contributed by atoms with Gasteiger partial charge in [0, 0.05) is 42.8 Å². The lowest BCUT2D eigenvalue weighted by Gasteiger charge is -2.37. The smallest absolute Gasteiger partial charge is 0.0483 e. The summed E-state index contributed by atoms with van der Waals surface area (Å²) in [5.41, 5.74) is 8.70. The summed E-state index contributed by atoms with van der Waals surface area (Å²) < 4.78 is 2.36. The van der Waals surface area contributed by atoms with E-state index in [4.69, 9.17) is 5.73 Å². The molecule has 3 nitrogen and oxygen atoms in total. The van der Waals surface area contributed by atoms with Crippen LogP contribution in [-0.4, -0.2) is 28.6 Å². The van der Waals surface area contributed by atoms with Crippen molar-refractivity contribution < 1.29 is 0 Å². The van der Waals surface area contributed by atoms with E-state index in [1.165, 1.54) is 29.3 Å². The topological polar surface area (TPSA) is 34.2 Å². The van der Waals surface area contributed by atoms with E-state index in [1.807, 2.05) is 0 Å². The number of benzene rings is 1. The molecule has 2 unspecified atom stereocenters. The van der Waals surface area contributed by atoms with Crippen molar-refractivity contribution in [2.24, 2.45) is 11.7 Å². The van der Waals surface area contributed by atoms with Crippen LogP contribution in [0, 0.1) is 5.92 Å². The fourth-order valence-electron chi connectivity index (χ4n) is 3.60. The van der Waals surface area contributed by atoms with Gasteiger partial charge in [-0.05, 0) is 50.8 Å². The average Bonchev–Trinajstić information content (AvgIpc) is 2.88. The summed E-state index contributed by atoms with van der Waals surface area (Å²) in [5, 5.41) is 1.40. The monoisotopic (exact) mass is 285 g/mol. The maximum Gasteiger partial charge on any atom is 0.0483 e. The van der Waals surface area contributed by atoms with E-state index in [2.05, 4.69) is 53.8 Å². The van der Waals surface area contributed by atoms with E-state index in [1.54, 1.807) is 0 Å². The van der Waals surface area contributed by atoms with Crippen LogP contribution in [0.15, 0.2) is 30.5 Å². The zero-order valence-electron chi connectivity index (χ0n) is 13.3. The molecule has 1 saturated heterocycles.